The van der Waals surface area contributed by atoms with Gasteiger partial charge in [0.15, 0.2) is 5.75 Å². The highest BCUT2D eigenvalue weighted by Crippen LogP contribution is 2.22. The van der Waals surface area contributed by atoms with Crippen LogP contribution in [0, 0.1) is 12.8 Å². The van der Waals surface area contributed by atoms with E-state index in [1.54, 1.807) is 32.0 Å². The van der Waals surface area contributed by atoms with Crippen molar-refractivity contribution in [3.63, 3.8) is 0 Å². The van der Waals surface area contributed by atoms with Gasteiger partial charge < -0.3 is 0 Å². The van der Waals surface area contributed by atoms with E-state index in [2.05, 4.69) is 4.89 Å². The van der Waals surface area contributed by atoms with Crippen LogP contribution < -0.4 is 4.89 Å². The Bertz CT molecular complexity index is 361. The summed E-state index contributed by atoms with van der Waals surface area (Å²) in [6, 6.07) is 5.07. The zero-order valence-electron chi connectivity index (χ0n) is 8.91. The number of rotatable bonds is 3. The number of carbonyl (C=O) groups is 1. The highest BCUT2D eigenvalue weighted by atomic mass is 35.5. The van der Waals surface area contributed by atoms with Crippen LogP contribution >= 0.6 is 11.6 Å². The van der Waals surface area contributed by atoms with Gasteiger partial charge in [0.25, 0.3) is 0 Å². The Balaban J connectivity index is 2.62. The average molecular weight is 229 g/mol. The van der Waals surface area contributed by atoms with Crippen molar-refractivity contribution in [1.82, 2.24) is 0 Å². The molecule has 4 heteroatoms. The van der Waals surface area contributed by atoms with Gasteiger partial charge in [0.2, 0.25) is 0 Å². The molecule has 0 radical (unpaired) electrons. The van der Waals surface area contributed by atoms with Crippen molar-refractivity contribution in [1.29, 1.82) is 0 Å². The summed E-state index contributed by atoms with van der Waals surface area (Å²) in [5.41, 5.74) is 0.819. The zero-order chi connectivity index (χ0) is 11.4. The van der Waals surface area contributed by atoms with Crippen molar-refractivity contribution in [2.75, 3.05) is 0 Å². The van der Waals surface area contributed by atoms with Gasteiger partial charge in [-0.3, -0.25) is 9.78 Å². The van der Waals surface area contributed by atoms with Gasteiger partial charge in [-0.2, -0.15) is 0 Å². The number of hydrogen-bond donors (Lipinski definition) is 0. The average Bonchev–Trinajstić information content (AvgIpc) is 2.15. The van der Waals surface area contributed by atoms with Crippen LogP contribution in [0.1, 0.15) is 19.4 Å². The molecule has 0 aliphatic heterocycles. The second kappa shape index (κ2) is 5.03. The van der Waals surface area contributed by atoms with Crippen molar-refractivity contribution in [2.45, 2.75) is 20.8 Å². The van der Waals surface area contributed by atoms with Crippen LogP contribution in [0.2, 0.25) is 5.02 Å². The Labute approximate surface area is 93.9 Å². The lowest BCUT2D eigenvalue weighted by molar-refractivity contribution is -0.217. The third-order valence-corrected chi connectivity index (χ3v) is 2.06. The Morgan fingerprint density at radius 1 is 1.40 bits per heavy atom. The van der Waals surface area contributed by atoms with Gasteiger partial charge in [0, 0.05) is 5.02 Å². The van der Waals surface area contributed by atoms with E-state index in [-0.39, 0.29) is 5.92 Å². The van der Waals surface area contributed by atoms with Crippen LogP contribution in [0.25, 0.3) is 0 Å². The summed E-state index contributed by atoms with van der Waals surface area (Å²) < 4.78 is 0. The van der Waals surface area contributed by atoms with E-state index in [4.69, 9.17) is 16.5 Å². The Kier molecular flexibility index (Phi) is 3.97. The molecule has 1 rings (SSSR count). The maximum atomic E-state index is 11.1. The molecule has 0 amide bonds. The molecule has 0 bridgehead atoms. The molecule has 82 valence electrons. The predicted molar refractivity (Wildman–Crippen MR) is 57.7 cm³/mol. The largest absolute Gasteiger partial charge is 0.357 e. The first-order chi connectivity index (χ1) is 7.00. The van der Waals surface area contributed by atoms with Gasteiger partial charge in [0.1, 0.15) is 0 Å². The van der Waals surface area contributed by atoms with Crippen LogP contribution in [0.15, 0.2) is 18.2 Å². The van der Waals surface area contributed by atoms with E-state index in [1.165, 1.54) is 0 Å². The summed E-state index contributed by atoms with van der Waals surface area (Å²) in [5.74, 6) is -0.115. The fourth-order valence-corrected chi connectivity index (χ4v) is 1.12. The summed E-state index contributed by atoms with van der Waals surface area (Å²) in [7, 11) is 0. The first kappa shape index (κ1) is 11.9. The lowest BCUT2D eigenvalue weighted by atomic mass is 10.2. The van der Waals surface area contributed by atoms with Crippen molar-refractivity contribution in [2.24, 2.45) is 5.92 Å². The monoisotopic (exact) mass is 228 g/mol. The van der Waals surface area contributed by atoms with E-state index in [0.29, 0.717) is 10.8 Å². The summed E-state index contributed by atoms with van der Waals surface area (Å²) >= 11 is 5.77. The lowest BCUT2D eigenvalue weighted by Crippen LogP contribution is -2.14. The second-order valence-electron chi connectivity index (χ2n) is 3.55. The van der Waals surface area contributed by atoms with E-state index in [0.717, 1.165) is 5.56 Å². The van der Waals surface area contributed by atoms with Gasteiger partial charge >= 0.3 is 5.97 Å². The normalized spacial score (nSPS) is 10.2. The summed E-state index contributed by atoms with van der Waals surface area (Å²) in [6.45, 7) is 5.30. The molecule has 0 atom stereocenters. The van der Waals surface area contributed by atoms with Crippen molar-refractivity contribution >= 4 is 17.6 Å². The summed E-state index contributed by atoms with van der Waals surface area (Å²) in [5, 5.41) is 0.620. The molecule has 0 heterocycles. The van der Waals surface area contributed by atoms with Gasteiger partial charge in [-0.15, -0.1) is 0 Å². The van der Waals surface area contributed by atoms with Crippen LogP contribution in [0.5, 0.6) is 5.75 Å². The Morgan fingerprint density at radius 3 is 2.60 bits per heavy atom. The predicted octanol–water partition coefficient (Wildman–Crippen LogP) is 3.14. The van der Waals surface area contributed by atoms with E-state index in [1.807, 2.05) is 6.92 Å². The SMILES string of the molecule is Cc1cc(Cl)ccc1OOC(=O)C(C)C. The maximum absolute atomic E-state index is 11.1. The van der Waals surface area contributed by atoms with Crippen molar-refractivity contribution in [3.8, 4) is 5.75 Å². The molecule has 0 N–H and O–H groups in total. The van der Waals surface area contributed by atoms with E-state index < -0.39 is 5.97 Å². The van der Waals surface area contributed by atoms with Crippen LogP contribution in [-0.2, 0) is 9.68 Å². The highest BCUT2D eigenvalue weighted by Gasteiger charge is 2.11. The number of carbonyl (C=O) groups excluding carboxylic acids is 1. The molecule has 0 saturated heterocycles. The molecule has 0 saturated carbocycles. The molecule has 0 spiro atoms. The summed E-state index contributed by atoms with van der Waals surface area (Å²) in [6.07, 6.45) is 0. The topological polar surface area (TPSA) is 35.5 Å². The van der Waals surface area contributed by atoms with E-state index in [9.17, 15) is 4.79 Å². The Hall–Kier alpha value is -1.22. The number of halogens is 1. The second-order valence-corrected chi connectivity index (χ2v) is 3.99. The fourth-order valence-electron chi connectivity index (χ4n) is 0.888. The Morgan fingerprint density at radius 2 is 2.07 bits per heavy atom. The molecule has 1 aromatic carbocycles. The first-order valence-electron chi connectivity index (χ1n) is 4.65. The number of hydrogen-bond acceptors (Lipinski definition) is 3. The molecule has 0 aliphatic rings. The zero-order valence-corrected chi connectivity index (χ0v) is 9.67. The molecule has 0 aliphatic carbocycles. The molecule has 0 aromatic heterocycles. The van der Waals surface area contributed by atoms with Crippen molar-refractivity contribution in [3.05, 3.63) is 28.8 Å². The smallest absolute Gasteiger partial charge is 0.287 e. The van der Waals surface area contributed by atoms with E-state index >= 15 is 0 Å². The molecular formula is C11H13ClO3. The molecule has 3 nitrogen and oxygen atoms in total. The fraction of sp³-hybridized carbons (Fsp3) is 0.364. The van der Waals surface area contributed by atoms with Gasteiger partial charge in [-0.25, -0.2) is 4.79 Å². The highest BCUT2D eigenvalue weighted by molar-refractivity contribution is 6.30. The molecule has 0 fully saturated rings. The van der Waals surface area contributed by atoms with Crippen LogP contribution in [0.3, 0.4) is 0 Å². The first-order valence-corrected chi connectivity index (χ1v) is 5.03. The van der Waals surface area contributed by atoms with Gasteiger partial charge in [-0.05, 0) is 30.7 Å². The number of aryl methyl sites for hydroxylation is 1. The van der Waals surface area contributed by atoms with Crippen LogP contribution in [0.4, 0.5) is 0 Å². The standard InChI is InChI=1S/C11H13ClO3/c1-7(2)11(13)15-14-10-5-4-9(12)6-8(10)3/h4-7H,1-3H3. The quantitative estimate of drug-likeness (QED) is 0.589. The van der Waals surface area contributed by atoms with Crippen molar-refractivity contribution < 1.29 is 14.6 Å². The maximum Gasteiger partial charge on any atom is 0.357 e. The lowest BCUT2D eigenvalue weighted by Gasteiger charge is -2.08. The minimum atomic E-state index is -0.399. The molecular weight excluding hydrogens is 216 g/mol. The van der Waals surface area contributed by atoms with Gasteiger partial charge in [-0.1, -0.05) is 25.4 Å². The molecule has 0 unspecified atom stereocenters. The van der Waals surface area contributed by atoms with Crippen LogP contribution in [-0.4, -0.2) is 5.97 Å². The minimum Gasteiger partial charge on any atom is -0.287 e. The van der Waals surface area contributed by atoms with Gasteiger partial charge in [0.05, 0.1) is 5.92 Å². The minimum absolute atomic E-state index is 0.211. The summed E-state index contributed by atoms with van der Waals surface area (Å²) in [4.78, 5) is 20.7. The molecule has 1 aromatic rings. The third kappa shape index (κ3) is 3.44. The third-order valence-electron chi connectivity index (χ3n) is 1.82. The number of benzene rings is 1. The molecule has 15 heavy (non-hydrogen) atoms.